The molecular weight excluding hydrogens is 296 g/mol. The molecule has 0 fully saturated rings. The molecule has 1 aromatic carbocycles. The van der Waals surface area contributed by atoms with Crippen LogP contribution in [-0.2, 0) is 12.8 Å². The summed E-state index contributed by atoms with van der Waals surface area (Å²) >= 11 is 1.78. The topological polar surface area (TPSA) is 50.4 Å². The van der Waals surface area contributed by atoms with Crippen LogP contribution in [0.3, 0.4) is 0 Å². The van der Waals surface area contributed by atoms with Gasteiger partial charge in [0.05, 0.1) is 7.11 Å². The summed E-state index contributed by atoms with van der Waals surface area (Å²) in [5.41, 5.74) is 3.51. The van der Waals surface area contributed by atoms with Crippen LogP contribution in [0.25, 0.3) is 0 Å². The largest absolute Gasteiger partial charge is 0.497 e. The first kappa shape index (κ1) is 16.4. The van der Waals surface area contributed by atoms with E-state index in [1.807, 2.05) is 24.3 Å². The first-order valence-corrected chi connectivity index (χ1v) is 8.26. The highest BCUT2D eigenvalue weighted by Crippen LogP contribution is 2.22. The molecule has 2 rings (SSSR count). The summed E-state index contributed by atoms with van der Waals surface area (Å²) in [6, 6.07) is 7.08. The van der Waals surface area contributed by atoms with Gasteiger partial charge in [-0.1, -0.05) is 6.92 Å². The zero-order chi connectivity index (χ0) is 15.9. The molecule has 0 saturated heterocycles. The van der Waals surface area contributed by atoms with E-state index in [2.05, 4.69) is 29.9 Å². The molecule has 118 valence electrons. The lowest BCUT2D eigenvalue weighted by Crippen LogP contribution is -2.30. The molecule has 0 radical (unpaired) electrons. The maximum absolute atomic E-state index is 11.9. The minimum absolute atomic E-state index is 0.185. The van der Waals surface area contributed by atoms with E-state index < -0.39 is 0 Å². The van der Waals surface area contributed by atoms with Crippen molar-refractivity contribution >= 4 is 23.1 Å². The van der Waals surface area contributed by atoms with Crippen molar-refractivity contribution in [3.05, 3.63) is 45.6 Å². The molecule has 1 aromatic heterocycles. The number of rotatable bonds is 6. The second kappa shape index (κ2) is 7.84. The van der Waals surface area contributed by atoms with Crippen molar-refractivity contribution < 1.29 is 9.53 Å². The molecular formula is C17H22N2O2S. The summed E-state index contributed by atoms with van der Waals surface area (Å²) in [6.07, 6.45) is 1.91. The molecule has 0 bridgehead atoms. The summed E-state index contributed by atoms with van der Waals surface area (Å²) in [7, 11) is 1.62. The van der Waals surface area contributed by atoms with E-state index in [0.717, 1.165) is 24.3 Å². The lowest BCUT2D eigenvalue weighted by Gasteiger charge is -2.09. The predicted octanol–water partition coefficient (Wildman–Crippen LogP) is 3.99. The van der Waals surface area contributed by atoms with Crippen molar-refractivity contribution in [3.8, 4) is 5.75 Å². The van der Waals surface area contributed by atoms with E-state index in [4.69, 9.17) is 4.74 Å². The third kappa shape index (κ3) is 4.24. The Morgan fingerprint density at radius 3 is 2.64 bits per heavy atom. The molecule has 2 N–H and O–H groups in total. The summed E-state index contributed by atoms with van der Waals surface area (Å²) in [4.78, 5) is 13.2. The minimum atomic E-state index is -0.185. The van der Waals surface area contributed by atoms with Gasteiger partial charge in [0, 0.05) is 17.1 Å². The van der Waals surface area contributed by atoms with Gasteiger partial charge in [0.15, 0.2) is 0 Å². The van der Waals surface area contributed by atoms with E-state index in [9.17, 15) is 4.79 Å². The smallest absolute Gasteiger partial charge is 0.319 e. The van der Waals surface area contributed by atoms with Crippen molar-refractivity contribution in [2.24, 2.45) is 0 Å². The highest BCUT2D eigenvalue weighted by molar-refractivity contribution is 7.10. The van der Waals surface area contributed by atoms with Crippen molar-refractivity contribution in [1.82, 2.24) is 5.32 Å². The fourth-order valence-electron chi connectivity index (χ4n) is 2.37. The molecule has 5 heteroatoms. The van der Waals surface area contributed by atoms with E-state index in [0.29, 0.717) is 6.54 Å². The molecule has 0 atom stereocenters. The highest BCUT2D eigenvalue weighted by atomic mass is 32.1. The molecule has 0 aliphatic heterocycles. The Labute approximate surface area is 135 Å². The molecule has 22 heavy (non-hydrogen) atoms. The summed E-state index contributed by atoms with van der Waals surface area (Å²) in [6.45, 7) is 4.95. The van der Waals surface area contributed by atoms with E-state index in [-0.39, 0.29) is 6.03 Å². The van der Waals surface area contributed by atoms with Crippen LogP contribution in [0, 0.1) is 6.92 Å². The van der Waals surface area contributed by atoms with Crippen LogP contribution in [0.1, 0.15) is 22.9 Å². The monoisotopic (exact) mass is 318 g/mol. The summed E-state index contributed by atoms with van der Waals surface area (Å²) in [5, 5.41) is 7.89. The number of benzene rings is 1. The molecule has 1 heterocycles. The van der Waals surface area contributed by atoms with Crippen LogP contribution < -0.4 is 15.4 Å². The second-order valence-corrected chi connectivity index (χ2v) is 6.09. The Morgan fingerprint density at radius 2 is 2.00 bits per heavy atom. The first-order valence-electron chi connectivity index (χ1n) is 7.38. The number of thiophene rings is 1. The molecule has 0 aliphatic carbocycles. The quantitative estimate of drug-likeness (QED) is 0.846. The number of carbonyl (C=O) groups excluding carboxylic acids is 1. The van der Waals surface area contributed by atoms with E-state index >= 15 is 0 Å². The maximum atomic E-state index is 11.9. The van der Waals surface area contributed by atoms with Gasteiger partial charge in [-0.2, -0.15) is 0 Å². The zero-order valence-corrected chi connectivity index (χ0v) is 14.0. The standard InChI is InChI=1S/C17H22N2O2S/c1-4-16-12(2)22-11-13(16)9-10-18-17(20)19-14-5-7-15(21-3)8-6-14/h5-8,11H,4,9-10H2,1-3H3,(H2,18,19,20). The summed E-state index contributed by atoms with van der Waals surface area (Å²) in [5.74, 6) is 0.769. The van der Waals surface area contributed by atoms with Crippen LogP contribution in [0.4, 0.5) is 10.5 Å². The first-order chi connectivity index (χ1) is 10.6. The Balaban J connectivity index is 1.80. The van der Waals surface area contributed by atoms with Crippen molar-refractivity contribution in [3.63, 3.8) is 0 Å². The van der Waals surface area contributed by atoms with Gasteiger partial charge in [0.25, 0.3) is 0 Å². The Kier molecular flexibility index (Phi) is 5.83. The van der Waals surface area contributed by atoms with Crippen LogP contribution >= 0.6 is 11.3 Å². The van der Waals surface area contributed by atoms with Gasteiger partial charge in [-0.3, -0.25) is 0 Å². The molecule has 0 aliphatic rings. The average molecular weight is 318 g/mol. The van der Waals surface area contributed by atoms with Crippen molar-refractivity contribution in [2.75, 3.05) is 19.0 Å². The number of anilines is 1. The number of hydrogen-bond donors (Lipinski definition) is 2. The molecule has 0 saturated carbocycles. The molecule has 2 amide bonds. The molecule has 0 unspecified atom stereocenters. The van der Waals surface area contributed by atoms with Crippen LogP contribution in [-0.4, -0.2) is 19.7 Å². The number of nitrogens with one attached hydrogen (secondary N) is 2. The van der Waals surface area contributed by atoms with Gasteiger partial charge in [-0.25, -0.2) is 4.79 Å². The number of urea groups is 1. The fourth-order valence-corrected chi connectivity index (χ4v) is 3.37. The third-order valence-electron chi connectivity index (χ3n) is 3.57. The van der Waals surface area contributed by atoms with Gasteiger partial charge >= 0.3 is 6.03 Å². The number of hydrogen-bond acceptors (Lipinski definition) is 3. The number of methoxy groups -OCH3 is 1. The lowest BCUT2D eigenvalue weighted by atomic mass is 10.1. The van der Waals surface area contributed by atoms with Crippen LogP contribution in [0.2, 0.25) is 0 Å². The maximum Gasteiger partial charge on any atom is 0.319 e. The number of amides is 2. The second-order valence-electron chi connectivity index (χ2n) is 5.01. The fraction of sp³-hybridized carbons (Fsp3) is 0.353. The van der Waals surface area contributed by atoms with Crippen molar-refractivity contribution in [1.29, 1.82) is 0 Å². The van der Waals surface area contributed by atoms with E-state index in [1.54, 1.807) is 18.4 Å². The average Bonchev–Trinajstić information content (AvgIpc) is 2.88. The number of carbonyl (C=O) groups is 1. The molecule has 0 spiro atoms. The summed E-state index contributed by atoms with van der Waals surface area (Å²) < 4.78 is 5.08. The SMILES string of the molecule is CCc1c(CCNC(=O)Nc2ccc(OC)cc2)csc1C. The van der Waals surface area contributed by atoms with Gasteiger partial charge in [-0.05, 0) is 60.5 Å². The van der Waals surface area contributed by atoms with Gasteiger partial charge in [-0.15, -0.1) is 11.3 Å². The third-order valence-corrected chi connectivity index (χ3v) is 4.57. The zero-order valence-electron chi connectivity index (χ0n) is 13.2. The van der Waals surface area contributed by atoms with Crippen LogP contribution in [0.5, 0.6) is 5.75 Å². The number of aryl methyl sites for hydroxylation is 1. The Bertz CT molecular complexity index is 620. The van der Waals surface area contributed by atoms with Crippen LogP contribution in [0.15, 0.2) is 29.6 Å². The predicted molar refractivity (Wildman–Crippen MR) is 92.2 cm³/mol. The molecule has 2 aromatic rings. The Morgan fingerprint density at radius 1 is 1.27 bits per heavy atom. The van der Waals surface area contributed by atoms with E-state index in [1.165, 1.54) is 16.0 Å². The van der Waals surface area contributed by atoms with Crippen molar-refractivity contribution in [2.45, 2.75) is 26.7 Å². The lowest BCUT2D eigenvalue weighted by molar-refractivity contribution is 0.252. The number of ether oxygens (including phenoxy) is 1. The van der Waals surface area contributed by atoms with Gasteiger partial charge in [0.1, 0.15) is 5.75 Å². The normalized spacial score (nSPS) is 10.3. The highest BCUT2D eigenvalue weighted by Gasteiger charge is 2.07. The Hall–Kier alpha value is -2.01. The molecule has 4 nitrogen and oxygen atoms in total. The van der Waals surface area contributed by atoms with Gasteiger partial charge < -0.3 is 15.4 Å². The van der Waals surface area contributed by atoms with Gasteiger partial charge in [0.2, 0.25) is 0 Å². The minimum Gasteiger partial charge on any atom is -0.497 e.